The Labute approximate surface area is 130 Å². The molecule has 4 heteroatoms. The van der Waals surface area contributed by atoms with Crippen LogP contribution in [0.5, 0.6) is 0 Å². The summed E-state index contributed by atoms with van der Waals surface area (Å²) in [6.45, 7) is 7.39. The maximum atomic E-state index is 5.83. The first-order valence-corrected chi connectivity index (χ1v) is 7.75. The molecule has 2 rings (SSSR count). The predicted octanol–water partition coefficient (Wildman–Crippen LogP) is 4.77. The Morgan fingerprint density at radius 1 is 1.10 bits per heavy atom. The summed E-state index contributed by atoms with van der Waals surface area (Å²) >= 11 is 7.47. The molecule has 0 aliphatic heterocycles. The lowest BCUT2D eigenvalue weighted by molar-refractivity contribution is 0.424. The predicted molar refractivity (Wildman–Crippen MR) is 86.4 cm³/mol. The van der Waals surface area contributed by atoms with Crippen LogP contribution in [0.2, 0.25) is 5.02 Å². The molecule has 0 radical (unpaired) electrons. The summed E-state index contributed by atoms with van der Waals surface area (Å²) in [7, 11) is 0. The largest absolute Gasteiger partial charge is 0.308 e. The first-order valence-electron chi connectivity index (χ1n) is 6.56. The Morgan fingerprint density at radius 3 is 2.35 bits per heavy atom. The highest BCUT2D eigenvalue weighted by atomic mass is 35.5. The first-order chi connectivity index (χ1) is 9.42. The van der Waals surface area contributed by atoms with Crippen LogP contribution < -0.4 is 5.32 Å². The Bertz CT molecular complexity index is 544. The Balaban J connectivity index is 1.96. The maximum absolute atomic E-state index is 5.83. The molecule has 2 aromatic rings. The van der Waals surface area contributed by atoms with Gasteiger partial charge in [0.2, 0.25) is 0 Å². The SMILES string of the molecule is CC(C)(C)NCc1ccc(Sc2ccc(Cl)cn2)cc1. The third-order valence-electron chi connectivity index (χ3n) is 2.67. The topological polar surface area (TPSA) is 24.9 Å². The van der Waals surface area contributed by atoms with E-state index >= 15 is 0 Å². The fourth-order valence-corrected chi connectivity index (χ4v) is 2.45. The van der Waals surface area contributed by atoms with Crippen LogP contribution in [0, 0.1) is 0 Å². The van der Waals surface area contributed by atoms with Gasteiger partial charge in [-0.3, -0.25) is 0 Å². The van der Waals surface area contributed by atoms with Crippen LogP contribution in [0.3, 0.4) is 0 Å². The van der Waals surface area contributed by atoms with E-state index in [2.05, 4.69) is 55.3 Å². The van der Waals surface area contributed by atoms with Gasteiger partial charge in [-0.1, -0.05) is 35.5 Å². The second kappa shape index (κ2) is 6.61. The minimum absolute atomic E-state index is 0.140. The van der Waals surface area contributed by atoms with Crippen LogP contribution in [0.1, 0.15) is 26.3 Å². The quantitative estimate of drug-likeness (QED) is 0.880. The van der Waals surface area contributed by atoms with Crippen molar-refractivity contribution in [3.8, 4) is 0 Å². The molecule has 1 aromatic heterocycles. The molecule has 1 N–H and O–H groups in total. The molecule has 0 fully saturated rings. The number of hydrogen-bond acceptors (Lipinski definition) is 3. The fraction of sp³-hybridized carbons (Fsp3) is 0.312. The van der Waals surface area contributed by atoms with Crippen molar-refractivity contribution in [3.05, 3.63) is 53.2 Å². The van der Waals surface area contributed by atoms with Crippen molar-refractivity contribution in [1.82, 2.24) is 10.3 Å². The van der Waals surface area contributed by atoms with Gasteiger partial charge in [0.15, 0.2) is 0 Å². The fourth-order valence-electron chi connectivity index (χ4n) is 1.59. The molecule has 20 heavy (non-hydrogen) atoms. The van der Waals surface area contributed by atoms with Crippen molar-refractivity contribution in [3.63, 3.8) is 0 Å². The summed E-state index contributed by atoms with van der Waals surface area (Å²) in [6, 6.07) is 12.3. The molecule has 1 aromatic carbocycles. The van der Waals surface area contributed by atoms with Gasteiger partial charge in [-0.15, -0.1) is 0 Å². The number of rotatable bonds is 4. The van der Waals surface area contributed by atoms with E-state index in [1.165, 1.54) is 10.5 Å². The molecule has 0 aliphatic carbocycles. The number of aromatic nitrogens is 1. The van der Waals surface area contributed by atoms with Crippen LogP contribution in [-0.2, 0) is 6.54 Å². The van der Waals surface area contributed by atoms with Gasteiger partial charge in [0.25, 0.3) is 0 Å². The highest BCUT2D eigenvalue weighted by Gasteiger charge is 2.08. The van der Waals surface area contributed by atoms with Crippen LogP contribution in [0.15, 0.2) is 52.5 Å². The second-order valence-electron chi connectivity index (χ2n) is 5.66. The molecule has 0 spiro atoms. The normalized spacial score (nSPS) is 11.6. The van der Waals surface area contributed by atoms with Crippen molar-refractivity contribution in [2.24, 2.45) is 0 Å². The molecule has 0 saturated heterocycles. The van der Waals surface area contributed by atoms with Crippen LogP contribution in [0.25, 0.3) is 0 Å². The summed E-state index contributed by atoms with van der Waals surface area (Å²) in [5, 5.41) is 5.10. The first kappa shape index (κ1) is 15.4. The van der Waals surface area contributed by atoms with Gasteiger partial charge in [0.05, 0.1) is 5.02 Å². The van der Waals surface area contributed by atoms with Gasteiger partial charge in [0.1, 0.15) is 5.03 Å². The van der Waals surface area contributed by atoms with Crippen molar-refractivity contribution in [1.29, 1.82) is 0 Å². The zero-order chi connectivity index (χ0) is 14.6. The maximum Gasteiger partial charge on any atom is 0.101 e. The Morgan fingerprint density at radius 2 is 1.80 bits per heavy atom. The van der Waals surface area contributed by atoms with Crippen molar-refractivity contribution < 1.29 is 0 Å². The third kappa shape index (κ3) is 5.16. The van der Waals surface area contributed by atoms with E-state index in [0.717, 1.165) is 11.6 Å². The number of halogens is 1. The molecule has 0 bridgehead atoms. The van der Waals surface area contributed by atoms with E-state index in [-0.39, 0.29) is 5.54 Å². The van der Waals surface area contributed by atoms with Crippen LogP contribution in [-0.4, -0.2) is 10.5 Å². The number of hydrogen-bond donors (Lipinski definition) is 1. The molecule has 1 heterocycles. The zero-order valence-electron chi connectivity index (χ0n) is 12.0. The van der Waals surface area contributed by atoms with E-state index in [1.807, 2.05) is 12.1 Å². The molecule has 0 saturated carbocycles. The lowest BCUT2D eigenvalue weighted by Crippen LogP contribution is -2.35. The minimum atomic E-state index is 0.140. The summed E-state index contributed by atoms with van der Waals surface area (Å²) in [5.74, 6) is 0. The average Bonchev–Trinajstić information content (AvgIpc) is 2.40. The number of pyridine rings is 1. The van der Waals surface area contributed by atoms with Gasteiger partial charge < -0.3 is 5.32 Å². The molecular weight excluding hydrogens is 288 g/mol. The van der Waals surface area contributed by atoms with Crippen molar-refractivity contribution >= 4 is 23.4 Å². The highest BCUT2D eigenvalue weighted by Crippen LogP contribution is 2.26. The van der Waals surface area contributed by atoms with E-state index in [1.54, 1.807) is 18.0 Å². The van der Waals surface area contributed by atoms with Crippen molar-refractivity contribution in [2.75, 3.05) is 0 Å². The number of nitrogens with one attached hydrogen (secondary N) is 1. The van der Waals surface area contributed by atoms with Crippen LogP contribution in [0.4, 0.5) is 0 Å². The lowest BCUT2D eigenvalue weighted by atomic mass is 10.1. The van der Waals surface area contributed by atoms with Crippen LogP contribution >= 0.6 is 23.4 Å². The average molecular weight is 307 g/mol. The van der Waals surface area contributed by atoms with E-state index < -0.39 is 0 Å². The molecule has 2 nitrogen and oxygen atoms in total. The summed E-state index contributed by atoms with van der Waals surface area (Å²) in [5.41, 5.74) is 1.43. The molecule has 0 unspecified atom stereocenters. The molecule has 0 atom stereocenters. The molecule has 0 amide bonds. The Kier molecular flexibility index (Phi) is 5.08. The summed E-state index contributed by atoms with van der Waals surface area (Å²) < 4.78 is 0. The van der Waals surface area contributed by atoms with Crippen molar-refractivity contribution in [2.45, 2.75) is 42.8 Å². The van der Waals surface area contributed by atoms with Gasteiger partial charge in [-0.25, -0.2) is 4.98 Å². The highest BCUT2D eigenvalue weighted by molar-refractivity contribution is 7.99. The molecular formula is C16H19ClN2S. The third-order valence-corrected chi connectivity index (χ3v) is 3.85. The second-order valence-corrected chi connectivity index (χ2v) is 7.19. The number of benzene rings is 1. The molecule has 0 aliphatic rings. The number of nitrogens with zero attached hydrogens (tertiary/aromatic N) is 1. The summed E-state index contributed by atoms with van der Waals surface area (Å²) in [6.07, 6.45) is 1.67. The summed E-state index contributed by atoms with van der Waals surface area (Å²) in [4.78, 5) is 5.46. The smallest absolute Gasteiger partial charge is 0.101 e. The van der Waals surface area contributed by atoms with Gasteiger partial charge in [-0.05, 0) is 50.6 Å². The monoisotopic (exact) mass is 306 g/mol. The molecule has 106 valence electrons. The zero-order valence-corrected chi connectivity index (χ0v) is 13.6. The van der Waals surface area contributed by atoms with E-state index in [4.69, 9.17) is 11.6 Å². The lowest BCUT2D eigenvalue weighted by Gasteiger charge is -2.20. The van der Waals surface area contributed by atoms with E-state index in [9.17, 15) is 0 Å². The Hall–Kier alpha value is -1.03. The standard InChI is InChI=1S/C16H19ClN2S/c1-16(2,3)19-10-12-4-7-14(8-5-12)20-15-9-6-13(17)11-18-15/h4-9,11,19H,10H2,1-3H3. The van der Waals surface area contributed by atoms with Gasteiger partial charge in [0, 0.05) is 23.2 Å². The van der Waals surface area contributed by atoms with Gasteiger partial charge >= 0.3 is 0 Å². The minimum Gasteiger partial charge on any atom is -0.308 e. The van der Waals surface area contributed by atoms with E-state index in [0.29, 0.717) is 5.02 Å². The van der Waals surface area contributed by atoms with Gasteiger partial charge in [-0.2, -0.15) is 0 Å².